The van der Waals surface area contributed by atoms with Gasteiger partial charge in [0.05, 0.1) is 12.8 Å². The molecule has 4 nitrogen and oxygen atoms in total. The molecule has 0 atom stereocenters. The molecule has 0 fully saturated rings. The number of rotatable bonds is 6. The summed E-state index contributed by atoms with van der Waals surface area (Å²) in [6.07, 6.45) is 2.76. The fourth-order valence-corrected chi connectivity index (χ4v) is 1.90. The maximum absolute atomic E-state index is 8.35. The highest BCUT2D eigenvalue weighted by molar-refractivity contribution is 6.13. The number of benzene rings is 1. The van der Waals surface area contributed by atoms with Crippen molar-refractivity contribution in [1.82, 2.24) is 4.98 Å². The Morgan fingerprint density at radius 1 is 1.25 bits per heavy atom. The Kier molecular flexibility index (Phi) is 4.71. The summed E-state index contributed by atoms with van der Waals surface area (Å²) >= 11 is 0. The number of methoxy groups -OCH3 is 1. The Morgan fingerprint density at radius 2 is 2.00 bits per heavy atom. The third kappa shape index (κ3) is 3.15. The number of pyridine rings is 1. The van der Waals surface area contributed by atoms with Crippen molar-refractivity contribution in [3.05, 3.63) is 53.7 Å². The average Bonchev–Trinajstić information content (AvgIpc) is 2.52. The summed E-state index contributed by atoms with van der Waals surface area (Å²) in [6, 6.07) is 11.3. The summed E-state index contributed by atoms with van der Waals surface area (Å²) in [4.78, 5) is 4.32. The first kappa shape index (κ1) is 14.1. The topological polar surface area (TPSA) is 58.0 Å². The SMILES string of the molecule is CCCNc1ncccc1C(=N)c1ccc(OC)cc1. The monoisotopic (exact) mass is 269 g/mol. The van der Waals surface area contributed by atoms with E-state index >= 15 is 0 Å². The van der Waals surface area contributed by atoms with Gasteiger partial charge in [-0.15, -0.1) is 0 Å². The molecule has 0 radical (unpaired) electrons. The van der Waals surface area contributed by atoms with Crippen LogP contribution in [0.15, 0.2) is 42.6 Å². The molecule has 1 aromatic carbocycles. The standard InChI is InChI=1S/C16H19N3O/c1-3-10-18-16-14(5-4-11-19-16)15(17)12-6-8-13(20-2)9-7-12/h4-9,11,17H,3,10H2,1-2H3,(H,18,19). The van der Waals surface area contributed by atoms with E-state index in [0.717, 1.165) is 35.7 Å². The van der Waals surface area contributed by atoms with Crippen molar-refractivity contribution < 1.29 is 4.74 Å². The van der Waals surface area contributed by atoms with Gasteiger partial charge in [0.1, 0.15) is 11.6 Å². The predicted octanol–water partition coefficient (Wildman–Crippen LogP) is 3.33. The van der Waals surface area contributed by atoms with Crippen LogP contribution in [-0.4, -0.2) is 24.4 Å². The zero-order valence-corrected chi connectivity index (χ0v) is 11.8. The smallest absolute Gasteiger partial charge is 0.135 e. The third-order valence-corrected chi connectivity index (χ3v) is 3.00. The molecule has 0 bridgehead atoms. The highest BCUT2D eigenvalue weighted by atomic mass is 16.5. The van der Waals surface area contributed by atoms with Crippen molar-refractivity contribution in [1.29, 1.82) is 5.41 Å². The maximum atomic E-state index is 8.35. The zero-order chi connectivity index (χ0) is 14.4. The Balaban J connectivity index is 2.27. The number of nitrogens with one attached hydrogen (secondary N) is 2. The van der Waals surface area contributed by atoms with Gasteiger partial charge in [0.15, 0.2) is 0 Å². The highest BCUT2D eigenvalue weighted by Crippen LogP contribution is 2.19. The number of nitrogens with zero attached hydrogens (tertiary/aromatic N) is 1. The second-order valence-electron chi connectivity index (χ2n) is 4.43. The Morgan fingerprint density at radius 3 is 2.65 bits per heavy atom. The highest BCUT2D eigenvalue weighted by Gasteiger charge is 2.10. The molecule has 1 heterocycles. The molecule has 4 heteroatoms. The van der Waals surface area contributed by atoms with Crippen LogP contribution < -0.4 is 10.1 Å². The second-order valence-corrected chi connectivity index (χ2v) is 4.43. The molecule has 0 aliphatic carbocycles. The first-order valence-electron chi connectivity index (χ1n) is 6.68. The van der Waals surface area contributed by atoms with Crippen molar-refractivity contribution in [2.45, 2.75) is 13.3 Å². The molecule has 1 aromatic heterocycles. The summed E-state index contributed by atoms with van der Waals surface area (Å²) in [5.74, 6) is 1.55. The molecule has 2 N–H and O–H groups in total. The first-order valence-corrected chi connectivity index (χ1v) is 6.68. The molecule has 0 unspecified atom stereocenters. The number of ether oxygens (including phenoxy) is 1. The molecule has 20 heavy (non-hydrogen) atoms. The number of hydrogen-bond donors (Lipinski definition) is 2. The quantitative estimate of drug-likeness (QED) is 0.791. The molecular formula is C16H19N3O. The fourth-order valence-electron chi connectivity index (χ4n) is 1.90. The summed E-state index contributed by atoms with van der Waals surface area (Å²) in [5.41, 5.74) is 2.11. The summed E-state index contributed by atoms with van der Waals surface area (Å²) < 4.78 is 5.14. The van der Waals surface area contributed by atoms with Gasteiger partial charge in [0.25, 0.3) is 0 Å². The van der Waals surface area contributed by atoms with Gasteiger partial charge in [-0.3, -0.25) is 5.41 Å². The summed E-state index contributed by atoms with van der Waals surface area (Å²) in [6.45, 7) is 2.95. The molecule has 0 amide bonds. The zero-order valence-electron chi connectivity index (χ0n) is 11.8. The molecule has 2 aromatic rings. The normalized spacial score (nSPS) is 10.1. The molecule has 2 rings (SSSR count). The van der Waals surface area contributed by atoms with Gasteiger partial charge in [-0.1, -0.05) is 6.92 Å². The molecule has 104 valence electrons. The average molecular weight is 269 g/mol. The molecule has 0 aliphatic rings. The fraction of sp³-hybridized carbons (Fsp3) is 0.250. The minimum absolute atomic E-state index is 0.458. The largest absolute Gasteiger partial charge is 0.497 e. The van der Waals surface area contributed by atoms with Crippen LogP contribution in [0.2, 0.25) is 0 Å². The van der Waals surface area contributed by atoms with E-state index in [1.807, 2.05) is 36.4 Å². The van der Waals surface area contributed by atoms with Gasteiger partial charge in [-0.2, -0.15) is 0 Å². The molecule has 0 aliphatic heterocycles. The van der Waals surface area contributed by atoms with E-state index in [2.05, 4.69) is 17.2 Å². The van der Waals surface area contributed by atoms with E-state index in [4.69, 9.17) is 10.1 Å². The lowest BCUT2D eigenvalue weighted by molar-refractivity contribution is 0.415. The van der Waals surface area contributed by atoms with Crippen LogP contribution in [-0.2, 0) is 0 Å². The lowest BCUT2D eigenvalue weighted by Crippen LogP contribution is -2.10. The van der Waals surface area contributed by atoms with Crippen LogP contribution in [0.5, 0.6) is 5.75 Å². The van der Waals surface area contributed by atoms with Gasteiger partial charge in [-0.25, -0.2) is 4.98 Å². The van der Waals surface area contributed by atoms with Crippen LogP contribution in [0.1, 0.15) is 24.5 Å². The molecule has 0 saturated carbocycles. The van der Waals surface area contributed by atoms with Crippen LogP contribution in [0.3, 0.4) is 0 Å². The summed E-state index contributed by atoms with van der Waals surface area (Å²) in [7, 11) is 1.63. The Hall–Kier alpha value is -2.36. The van der Waals surface area contributed by atoms with Crippen LogP contribution in [0.25, 0.3) is 0 Å². The first-order chi connectivity index (χ1) is 9.76. The third-order valence-electron chi connectivity index (χ3n) is 3.00. The van der Waals surface area contributed by atoms with Crippen molar-refractivity contribution in [3.63, 3.8) is 0 Å². The van der Waals surface area contributed by atoms with Gasteiger partial charge in [0.2, 0.25) is 0 Å². The minimum Gasteiger partial charge on any atom is -0.497 e. The van der Waals surface area contributed by atoms with E-state index in [9.17, 15) is 0 Å². The second kappa shape index (κ2) is 6.70. The van der Waals surface area contributed by atoms with Crippen molar-refractivity contribution in [3.8, 4) is 5.75 Å². The minimum atomic E-state index is 0.458. The van der Waals surface area contributed by atoms with Crippen molar-refractivity contribution in [2.75, 3.05) is 19.0 Å². The lowest BCUT2D eigenvalue weighted by Gasteiger charge is -2.11. The molecular weight excluding hydrogens is 250 g/mol. The molecule has 0 saturated heterocycles. The van der Waals surface area contributed by atoms with Crippen molar-refractivity contribution >= 4 is 11.5 Å². The predicted molar refractivity (Wildman–Crippen MR) is 81.9 cm³/mol. The number of aromatic nitrogens is 1. The molecule has 0 spiro atoms. The summed E-state index contributed by atoms with van der Waals surface area (Å²) in [5, 5.41) is 11.6. The van der Waals surface area contributed by atoms with Gasteiger partial charge in [0, 0.05) is 23.9 Å². The Labute approximate surface area is 119 Å². The van der Waals surface area contributed by atoms with Gasteiger partial charge in [-0.05, 0) is 42.8 Å². The van der Waals surface area contributed by atoms with E-state index in [-0.39, 0.29) is 0 Å². The Bertz CT molecular complexity index is 579. The van der Waals surface area contributed by atoms with E-state index < -0.39 is 0 Å². The van der Waals surface area contributed by atoms with Gasteiger partial charge >= 0.3 is 0 Å². The van der Waals surface area contributed by atoms with E-state index in [0.29, 0.717) is 5.71 Å². The lowest BCUT2D eigenvalue weighted by atomic mass is 10.0. The maximum Gasteiger partial charge on any atom is 0.135 e. The van der Waals surface area contributed by atoms with Gasteiger partial charge < -0.3 is 10.1 Å². The van der Waals surface area contributed by atoms with E-state index in [1.165, 1.54) is 0 Å². The number of hydrogen-bond acceptors (Lipinski definition) is 4. The van der Waals surface area contributed by atoms with Crippen LogP contribution in [0.4, 0.5) is 5.82 Å². The van der Waals surface area contributed by atoms with E-state index in [1.54, 1.807) is 13.3 Å². The number of anilines is 1. The van der Waals surface area contributed by atoms with Crippen molar-refractivity contribution in [2.24, 2.45) is 0 Å². The van der Waals surface area contributed by atoms with Crippen LogP contribution >= 0.6 is 0 Å². The van der Waals surface area contributed by atoms with Crippen LogP contribution in [0, 0.1) is 5.41 Å².